The Morgan fingerprint density at radius 1 is 1.00 bits per heavy atom. The highest BCUT2D eigenvalue weighted by atomic mass is 16.5. The summed E-state index contributed by atoms with van der Waals surface area (Å²) in [6.45, 7) is 2.97. The molecule has 27 heavy (non-hydrogen) atoms. The van der Waals surface area contributed by atoms with Gasteiger partial charge in [-0.05, 0) is 23.8 Å². The summed E-state index contributed by atoms with van der Waals surface area (Å²) >= 11 is 0. The molecule has 1 heterocycles. The SMILES string of the molecule is COC(=O)c1ccc(/C=C/C(=O)OCC(=O)N2CCN(C(C)=O)CC2)cc1. The third-order valence-corrected chi connectivity index (χ3v) is 4.16. The van der Waals surface area contributed by atoms with Gasteiger partial charge in [-0.15, -0.1) is 0 Å². The predicted octanol–water partition coefficient (Wildman–Crippen LogP) is 0.720. The van der Waals surface area contributed by atoms with Gasteiger partial charge in [-0.25, -0.2) is 9.59 Å². The fraction of sp³-hybridized carbons (Fsp3) is 0.368. The van der Waals surface area contributed by atoms with Crippen LogP contribution in [0, 0.1) is 0 Å². The molecule has 0 atom stereocenters. The topological polar surface area (TPSA) is 93.2 Å². The minimum Gasteiger partial charge on any atom is -0.465 e. The molecule has 8 nitrogen and oxygen atoms in total. The van der Waals surface area contributed by atoms with Crippen LogP contribution < -0.4 is 0 Å². The van der Waals surface area contributed by atoms with Crippen molar-refractivity contribution in [1.82, 2.24) is 9.80 Å². The first-order valence-corrected chi connectivity index (χ1v) is 8.47. The number of amides is 2. The summed E-state index contributed by atoms with van der Waals surface area (Å²) in [6, 6.07) is 6.49. The molecule has 1 aromatic carbocycles. The molecule has 1 fully saturated rings. The van der Waals surface area contributed by atoms with Crippen molar-refractivity contribution in [2.24, 2.45) is 0 Å². The van der Waals surface area contributed by atoms with Crippen molar-refractivity contribution in [1.29, 1.82) is 0 Å². The Bertz CT molecular complexity index is 733. The lowest BCUT2D eigenvalue weighted by molar-refractivity contribution is -0.149. The van der Waals surface area contributed by atoms with Crippen molar-refractivity contribution < 1.29 is 28.7 Å². The van der Waals surface area contributed by atoms with E-state index in [1.807, 2.05) is 0 Å². The molecule has 1 aliphatic rings. The summed E-state index contributed by atoms with van der Waals surface area (Å²) in [5.41, 5.74) is 1.11. The van der Waals surface area contributed by atoms with Crippen molar-refractivity contribution in [3.05, 3.63) is 41.5 Å². The van der Waals surface area contributed by atoms with Gasteiger partial charge in [-0.2, -0.15) is 0 Å². The number of rotatable bonds is 5. The summed E-state index contributed by atoms with van der Waals surface area (Å²) in [7, 11) is 1.30. The van der Waals surface area contributed by atoms with E-state index in [-0.39, 0.29) is 18.4 Å². The van der Waals surface area contributed by atoms with Crippen LogP contribution in [0.25, 0.3) is 6.08 Å². The molecule has 0 bridgehead atoms. The lowest BCUT2D eigenvalue weighted by Crippen LogP contribution is -2.51. The summed E-state index contributed by atoms with van der Waals surface area (Å²) in [5, 5.41) is 0. The quantitative estimate of drug-likeness (QED) is 0.557. The number of hydrogen-bond donors (Lipinski definition) is 0. The molecule has 0 N–H and O–H groups in total. The molecule has 0 spiro atoms. The van der Waals surface area contributed by atoms with Crippen LogP contribution in [0.3, 0.4) is 0 Å². The average molecular weight is 374 g/mol. The van der Waals surface area contributed by atoms with Crippen LogP contribution in [0.4, 0.5) is 0 Å². The molecule has 144 valence electrons. The maximum atomic E-state index is 12.1. The van der Waals surface area contributed by atoms with Crippen molar-refractivity contribution >= 4 is 29.8 Å². The fourth-order valence-corrected chi connectivity index (χ4v) is 2.56. The summed E-state index contributed by atoms with van der Waals surface area (Å²) in [6.07, 6.45) is 2.74. The largest absolute Gasteiger partial charge is 0.465 e. The molecule has 0 aromatic heterocycles. The van der Waals surface area contributed by atoms with Crippen molar-refractivity contribution in [2.45, 2.75) is 6.92 Å². The predicted molar refractivity (Wildman–Crippen MR) is 96.6 cm³/mol. The van der Waals surface area contributed by atoms with Crippen LogP contribution in [0.15, 0.2) is 30.3 Å². The Morgan fingerprint density at radius 2 is 1.59 bits per heavy atom. The molecular formula is C19H22N2O6. The van der Waals surface area contributed by atoms with Crippen molar-refractivity contribution in [3.8, 4) is 0 Å². The van der Waals surface area contributed by atoms with E-state index < -0.39 is 11.9 Å². The minimum absolute atomic E-state index is 0.0155. The van der Waals surface area contributed by atoms with E-state index in [1.54, 1.807) is 34.1 Å². The first-order chi connectivity index (χ1) is 12.9. The molecule has 2 rings (SSSR count). The van der Waals surface area contributed by atoms with Gasteiger partial charge >= 0.3 is 11.9 Å². The van der Waals surface area contributed by atoms with Gasteiger partial charge in [-0.1, -0.05) is 12.1 Å². The molecule has 0 radical (unpaired) electrons. The monoisotopic (exact) mass is 374 g/mol. The Kier molecular flexibility index (Phi) is 7.10. The Balaban J connectivity index is 1.77. The van der Waals surface area contributed by atoms with E-state index in [2.05, 4.69) is 4.74 Å². The molecule has 1 saturated heterocycles. The van der Waals surface area contributed by atoms with Gasteiger partial charge in [0.15, 0.2) is 6.61 Å². The molecule has 0 unspecified atom stereocenters. The second-order valence-corrected chi connectivity index (χ2v) is 5.94. The van der Waals surface area contributed by atoms with Gasteiger partial charge in [0.05, 0.1) is 12.7 Å². The number of methoxy groups -OCH3 is 1. The van der Waals surface area contributed by atoms with Gasteiger partial charge in [0, 0.05) is 39.2 Å². The molecule has 1 aliphatic heterocycles. The third kappa shape index (κ3) is 5.95. The van der Waals surface area contributed by atoms with Gasteiger partial charge in [-0.3, -0.25) is 9.59 Å². The van der Waals surface area contributed by atoms with Crippen LogP contribution in [-0.2, 0) is 23.9 Å². The van der Waals surface area contributed by atoms with Crippen LogP contribution >= 0.6 is 0 Å². The number of piperazine rings is 1. The van der Waals surface area contributed by atoms with Gasteiger partial charge in [0.2, 0.25) is 5.91 Å². The van der Waals surface area contributed by atoms with E-state index in [0.717, 1.165) is 0 Å². The molecule has 0 aliphatic carbocycles. The third-order valence-electron chi connectivity index (χ3n) is 4.16. The highest BCUT2D eigenvalue weighted by Crippen LogP contribution is 2.08. The summed E-state index contributed by atoms with van der Waals surface area (Å²) < 4.78 is 9.57. The number of carbonyl (C=O) groups is 4. The minimum atomic E-state index is -0.636. The zero-order valence-electron chi connectivity index (χ0n) is 15.3. The van der Waals surface area contributed by atoms with Gasteiger partial charge < -0.3 is 19.3 Å². The van der Waals surface area contributed by atoms with Crippen LogP contribution in [-0.4, -0.2) is 73.4 Å². The average Bonchev–Trinajstić information content (AvgIpc) is 2.70. The van der Waals surface area contributed by atoms with E-state index in [9.17, 15) is 19.2 Å². The first-order valence-electron chi connectivity index (χ1n) is 8.47. The number of nitrogens with zero attached hydrogens (tertiary/aromatic N) is 2. The van der Waals surface area contributed by atoms with Crippen LogP contribution in [0.1, 0.15) is 22.8 Å². The highest BCUT2D eigenvalue weighted by molar-refractivity contribution is 5.91. The van der Waals surface area contributed by atoms with Crippen LogP contribution in [0.2, 0.25) is 0 Å². The van der Waals surface area contributed by atoms with E-state index in [4.69, 9.17) is 4.74 Å². The van der Waals surface area contributed by atoms with E-state index in [0.29, 0.717) is 37.3 Å². The van der Waals surface area contributed by atoms with Crippen molar-refractivity contribution in [3.63, 3.8) is 0 Å². The number of ether oxygens (including phenoxy) is 2. The zero-order valence-corrected chi connectivity index (χ0v) is 15.3. The summed E-state index contributed by atoms with van der Waals surface area (Å²) in [4.78, 5) is 49.7. The smallest absolute Gasteiger partial charge is 0.337 e. The maximum Gasteiger partial charge on any atom is 0.337 e. The van der Waals surface area contributed by atoms with Crippen molar-refractivity contribution in [2.75, 3.05) is 39.9 Å². The molecular weight excluding hydrogens is 352 g/mol. The molecule has 2 amide bonds. The summed E-state index contributed by atoms with van der Waals surface area (Å²) in [5.74, 6) is -1.38. The zero-order chi connectivity index (χ0) is 19.8. The Labute approximate surface area is 157 Å². The second-order valence-electron chi connectivity index (χ2n) is 5.94. The molecule has 1 aromatic rings. The van der Waals surface area contributed by atoms with E-state index in [1.165, 1.54) is 26.2 Å². The first kappa shape index (κ1) is 20.2. The number of carbonyl (C=O) groups excluding carboxylic acids is 4. The maximum absolute atomic E-state index is 12.1. The molecule has 0 saturated carbocycles. The fourth-order valence-electron chi connectivity index (χ4n) is 2.56. The molecule has 8 heteroatoms. The van der Waals surface area contributed by atoms with Crippen LogP contribution in [0.5, 0.6) is 0 Å². The van der Waals surface area contributed by atoms with Gasteiger partial charge in [0.1, 0.15) is 0 Å². The second kappa shape index (κ2) is 9.51. The number of esters is 2. The number of hydrogen-bond acceptors (Lipinski definition) is 6. The Morgan fingerprint density at radius 3 is 2.15 bits per heavy atom. The van der Waals surface area contributed by atoms with E-state index >= 15 is 0 Å². The number of benzene rings is 1. The normalized spacial score (nSPS) is 14.1. The van der Waals surface area contributed by atoms with Gasteiger partial charge in [0.25, 0.3) is 5.91 Å². The standard InChI is InChI=1S/C19H22N2O6/c1-14(22)20-9-11-21(12-10-20)17(23)13-27-18(24)8-5-15-3-6-16(7-4-15)19(25)26-2/h3-8H,9-13H2,1-2H3/b8-5+. The lowest BCUT2D eigenvalue weighted by Gasteiger charge is -2.34. The lowest BCUT2D eigenvalue weighted by atomic mass is 10.1. The highest BCUT2D eigenvalue weighted by Gasteiger charge is 2.22. The Hall–Kier alpha value is -3.16.